The molecule has 146 valence electrons. The van der Waals surface area contributed by atoms with Crippen LogP contribution in [0, 0.1) is 6.92 Å². The second-order valence-corrected chi connectivity index (χ2v) is 8.66. The number of hydrogen-bond donors (Lipinski definition) is 2. The van der Waals surface area contributed by atoms with Crippen LogP contribution in [0.4, 0.5) is 5.95 Å². The summed E-state index contributed by atoms with van der Waals surface area (Å²) >= 11 is 2.04. The van der Waals surface area contributed by atoms with Gasteiger partial charge in [-0.15, -0.1) is 11.8 Å². The Morgan fingerprint density at radius 3 is 3.00 bits per heavy atom. The predicted molar refractivity (Wildman–Crippen MR) is 109 cm³/mol. The van der Waals surface area contributed by atoms with E-state index in [9.17, 15) is 0 Å². The van der Waals surface area contributed by atoms with Gasteiger partial charge in [-0.2, -0.15) is 0 Å². The molecule has 28 heavy (non-hydrogen) atoms. The van der Waals surface area contributed by atoms with Gasteiger partial charge in [0.05, 0.1) is 18.0 Å². The van der Waals surface area contributed by atoms with E-state index in [2.05, 4.69) is 46.7 Å². The smallest absolute Gasteiger partial charge is 0.228 e. The number of hydrogen-bond acceptors (Lipinski definition) is 9. The zero-order valence-corrected chi connectivity index (χ0v) is 16.7. The predicted octanol–water partition coefficient (Wildman–Crippen LogP) is 1.76. The van der Waals surface area contributed by atoms with Crippen LogP contribution in [0.15, 0.2) is 42.6 Å². The van der Waals surface area contributed by atoms with E-state index in [0.717, 1.165) is 55.7 Å². The van der Waals surface area contributed by atoms with Crippen molar-refractivity contribution in [2.24, 2.45) is 0 Å². The van der Waals surface area contributed by atoms with Crippen molar-refractivity contribution in [2.75, 3.05) is 24.3 Å². The summed E-state index contributed by atoms with van der Waals surface area (Å²) in [4.78, 5) is 20.0. The van der Waals surface area contributed by atoms with Gasteiger partial charge in [-0.3, -0.25) is 4.90 Å². The lowest BCUT2D eigenvalue weighted by Crippen LogP contribution is -2.49. The largest absolute Gasteiger partial charge is 0.310 e. The Morgan fingerprint density at radius 1 is 1.25 bits per heavy atom. The van der Waals surface area contributed by atoms with Crippen LogP contribution in [0.5, 0.6) is 0 Å². The third kappa shape index (κ3) is 3.34. The molecule has 1 spiro atoms. The van der Waals surface area contributed by atoms with Gasteiger partial charge in [-0.25, -0.2) is 24.9 Å². The molecule has 2 aromatic rings. The first-order valence-electron chi connectivity index (χ1n) is 9.65. The van der Waals surface area contributed by atoms with Crippen LogP contribution in [0.3, 0.4) is 0 Å². The Hall–Kier alpha value is -2.23. The fraction of sp³-hybridized carbons (Fsp3) is 0.474. The second-order valence-electron chi connectivity index (χ2n) is 7.50. The van der Waals surface area contributed by atoms with Crippen LogP contribution in [-0.2, 0) is 6.54 Å². The summed E-state index contributed by atoms with van der Waals surface area (Å²) in [6.45, 7) is 4.89. The highest BCUT2D eigenvalue weighted by molar-refractivity contribution is 8.00. The van der Waals surface area contributed by atoms with Crippen molar-refractivity contribution >= 4 is 17.7 Å². The molecule has 0 aliphatic carbocycles. The molecule has 0 saturated carbocycles. The first kappa shape index (κ1) is 17.8. The average molecular weight is 397 g/mol. The van der Waals surface area contributed by atoms with Gasteiger partial charge >= 0.3 is 0 Å². The van der Waals surface area contributed by atoms with Crippen molar-refractivity contribution in [1.82, 2.24) is 35.3 Å². The molecule has 0 radical (unpaired) electrons. The van der Waals surface area contributed by atoms with Crippen molar-refractivity contribution in [3.63, 3.8) is 0 Å². The standard InChI is InChI=1S/C19H24N8S/c1-14-3-8-22-18(23-14)24-16-11-19-5-10-26(12-17-20-6-2-7-21-17)9-4-15(19)28-13-27(19)25-16/h2-3,6-8,11,15,25H,4-5,9-10,12-13H2,1H3,(H,22,23,24). The first-order valence-corrected chi connectivity index (χ1v) is 10.7. The Bertz CT molecular complexity index is 875. The molecule has 0 bridgehead atoms. The molecule has 2 unspecified atom stereocenters. The molecule has 2 fully saturated rings. The van der Waals surface area contributed by atoms with E-state index >= 15 is 0 Å². The summed E-state index contributed by atoms with van der Waals surface area (Å²) in [5.74, 6) is 3.51. The molecule has 2 atom stereocenters. The number of thioether (sulfide) groups is 1. The Balaban J connectivity index is 1.32. The highest BCUT2D eigenvalue weighted by Crippen LogP contribution is 2.46. The third-order valence-electron chi connectivity index (χ3n) is 5.68. The summed E-state index contributed by atoms with van der Waals surface area (Å²) in [5.41, 5.74) is 4.53. The molecule has 8 nitrogen and oxygen atoms in total. The van der Waals surface area contributed by atoms with Crippen molar-refractivity contribution < 1.29 is 0 Å². The van der Waals surface area contributed by atoms with Crippen molar-refractivity contribution in [2.45, 2.75) is 37.1 Å². The molecule has 2 saturated heterocycles. The summed E-state index contributed by atoms with van der Waals surface area (Å²) < 4.78 is 0. The normalized spacial score (nSPS) is 27.5. The Kier molecular flexibility index (Phi) is 4.65. The Labute approximate surface area is 168 Å². The number of aryl methyl sites for hydroxylation is 1. The first-order chi connectivity index (χ1) is 13.7. The van der Waals surface area contributed by atoms with Gasteiger partial charge < -0.3 is 10.7 Å². The summed E-state index contributed by atoms with van der Waals surface area (Å²) in [6.07, 6.45) is 10.0. The topological polar surface area (TPSA) is 82.1 Å². The van der Waals surface area contributed by atoms with Crippen molar-refractivity contribution in [3.8, 4) is 0 Å². The number of likely N-dealkylation sites (tertiary alicyclic amines) is 1. The molecule has 2 N–H and O–H groups in total. The van der Waals surface area contributed by atoms with Crippen LogP contribution in [0.25, 0.3) is 0 Å². The molecule has 9 heteroatoms. The highest BCUT2D eigenvalue weighted by atomic mass is 32.2. The van der Waals surface area contributed by atoms with E-state index in [1.54, 1.807) is 6.20 Å². The maximum absolute atomic E-state index is 4.46. The number of nitrogens with one attached hydrogen (secondary N) is 2. The average Bonchev–Trinajstić information content (AvgIpc) is 3.14. The maximum atomic E-state index is 4.46. The van der Waals surface area contributed by atoms with Crippen LogP contribution < -0.4 is 10.7 Å². The fourth-order valence-corrected chi connectivity index (χ4v) is 5.76. The summed E-state index contributed by atoms with van der Waals surface area (Å²) in [5, 5.41) is 6.30. The minimum Gasteiger partial charge on any atom is -0.310 e. The molecule has 2 aromatic heterocycles. The lowest BCUT2D eigenvalue weighted by Gasteiger charge is -2.32. The second kappa shape index (κ2) is 7.31. The van der Waals surface area contributed by atoms with Gasteiger partial charge in [0.1, 0.15) is 11.6 Å². The van der Waals surface area contributed by atoms with Gasteiger partial charge in [0.25, 0.3) is 0 Å². The van der Waals surface area contributed by atoms with E-state index in [0.29, 0.717) is 11.2 Å². The Morgan fingerprint density at radius 2 is 2.14 bits per heavy atom. The minimum atomic E-state index is 0.0309. The van der Waals surface area contributed by atoms with Crippen molar-refractivity contribution in [1.29, 1.82) is 0 Å². The number of hydrazine groups is 1. The van der Waals surface area contributed by atoms with Gasteiger partial charge in [-0.1, -0.05) is 0 Å². The van der Waals surface area contributed by atoms with E-state index in [1.165, 1.54) is 0 Å². The molecule has 3 aliphatic heterocycles. The van der Waals surface area contributed by atoms with Crippen molar-refractivity contribution in [3.05, 3.63) is 54.1 Å². The SMILES string of the molecule is Cc1ccnc(NC2=CC34CCN(Cc5ncccn5)CCC3SCN4N2)n1. The van der Waals surface area contributed by atoms with Gasteiger partial charge in [0.15, 0.2) is 0 Å². The molecule has 3 aliphatic rings. The number of aromatic nitrogens is 4. The lowest BCUT2D eigenvalue weighted by atomic mass is 9.90. The van der Waals surface area contributed by atoms with Crippen LogP contribution >= 0.6 is 11.8 Å². The molecular weight excluding hydrogens is 372 g/mol. The highest BCUT2D eigenvalue weighted by Gasteiger charge is 2.52. The van der Waals surface area contributed by atoms with E-state index < -0.39 is 0 Å². The van der Waals surface area contributed by atoms with Crippen LogP contribution in [-0.4, -0.2) is 59.6 Å². The van der Waals surface area contributed by atoms with E-state index in [4.69, 9.17) is 0 Å². The molecular formula is C19H24N8S. The number of anilines is 1. The fourth-order valence-electron chi connectivity index (χ4n) is 4.25. The van der Waals surface area contributed by atoms with E-state index in [-0.39, 0.29) is 5.54 Å². The number of rotatable bonds is 4. The minimum absolute atomic E-state index is 0.0309. The van der Waals surface area contributed by atoms with Crippen LogP contribution in [0.1, 0.15) is 24.4 Å². The van der Waals surface area contributed by atoms with E-state index in [1.807, 2.05) is 43.2 Å². The monoisotopic (exact) mass is 396 g/mol. The van der Waals surface area contributed by atoms with Gasteiger partial charge in [-0.05, 0) is 44.5 Å². The zero-order valence-electron chi connectivity index (χ0n) is 15.9. The zero-order chi connectivity index (χ0) is 19.0. The molecule has 5 rings (SSSR count). The molecule has 5 heterocycles. The lowest BCUT2D eigenvalue weighted by molar-refractivity contribution is 0.138. The molecule has 0 aromatic carbocycles. The van der Waals surface area contributed by atoms with Crippen LogP contribution in [0.2, 0.25) is 0 Å². The number of nitrogens with zero attached hydrogens (tertiary/aromatic N) is 6. The van der Waals surface area contributed by atoms with Gasteiger partial charge in [0.2, 0.25) is 5.95 Å². The summed E-state index contributed by atoms with van der Waals surface area (Å²) in [6, 6.07) is 3.77. The molecule has 0 amide bonds. The third-order valence-corrected chi connectivity index (χ3v) is 7.13. The van der Waals surface area contributed by atoms with Gasteiger partial charge in [0, 0.05) is 36.1 Å². The summed E-state index contributed by atoms with van der Waals surface area (Å²) in [7, 11) is 0. The quantitative estimate of drug-likeness (QED) is 0.803. The maximum Gasteiger partial charge on any atom is 0.228 e.